The Bertz CT molecular complexity index is 180. The first-order valence-corrected chi connectivity index (χ1v) is 7.22. The molecule has 0 saturated carbocycles. The van der Waals surface area contributed by atoms with E-state index in [4.69, 9.17) is 5.73 Å². The van der Waals surface area contributed by atoms with Crippen LogP contribution in [0.4, 0.5) is 0 Å². The Labute approximate surface area is 109 Å². The average molecular weight is 242 g/mol. The summed E-state index contributed by atoms with van der Waals surface area (Å²) >= 11 is 0. The molecule has 0 aromatic rings. The lowest BCUT2D eigenvalue weighted by Crippen LogP contribution is -2.42. The fourth-order valence-electron chi connectivity index (χ4n) is 2.61. The number of hydrogen-bond donors (Lipinski definition) is 2. The van der Waals surface area contributed by atoms with Crippen molar-refractivity contribution in [1.82, 2.24) is 5.32 Å². The van der Waals surface area contributed by atoms with Gasteiger partial charge in [0.15, 0.2) is 0 Å². The molecule has 0 bridgehead atoms. The van der Waals surface area contributed by atoms with Gasteiger partial charge >= 0.3 is 0 Å². The summed E-state index contributed by atoms with van der Waals surface area (Å²) in [4.78, 5) is 0. The van der Waals surface area contributed by atoms with Crippen LogP contribution >= 0.6 is 0 Å². The molecule has 0 radical (unpaired) electrons. The largest absolute Gasteiger partial charge is 0.330 e. The molecule has 0 unspecified atom stereocenters. The first-order chi connectivity index (χ1) is 7.77. The maximum atomic E-state index is 5.47. The van der Waals surface area contributed by atoms with Gasteiger partial charge in [0.05, 0.1) is 0 Å². The van der Waals surface area contributed by atoms with Crippen molar-refractivity contribution in [3.05, 3.63) is 0 Å². The summed E-state index contributed by atoms with van der Waals surface area (Å²) < 4.78 is 0. The van der Waals surface area contributed by atoms with Crippen LogP contribution in [0, 0.1) is 5.41 Å². The molecule has 104 valence electrons. The molecular weight excluding hydrogens is 208 g/mol. The topological polar surface area (TPSA) is 38.0 Å². The molecule has 0 spiro atoms. The van der Waals surface area contributed by atoms with Gasteiger partial charge in [-0.05, 0) is 51.6 Å². The zero-order valence-electron chi connectivity index (χ0n) is 12.7. The summed E-state index contributed by atoms with van der Waals surface area (Å²) in [5.41, 5.74) is 6.13. The molecule has 0 atom stereocenters. The van der Waals surface area contributed by atoms with Gasteiger partial charge < -0.3 is 11.1 Å². The molecule has 0 aliphatic heterocycles. The third-order valence-corrected chi connectivity index (χ3v) is 2.96. The minimum atomic E-state index is 0.259. The second-order valence-electron chi connectivity index (χ2n) is 7.10. The van der Waals surface area contributed by atoms with Crippen LogP contribution in [0.15, 0.2) is 0 Å². The van der Waals surface area contributed by atoms with Crippen molar-refractivity contribution >= 4 is 0 Å². The highest BCUT2D eigenvalue weighted by Crippen LogP contribution is 2.26. The average Bonchev–Trinajstić information content (AvgIpc) is 2.12. The lowest BCUT2D eigenvalue weighted by molar-refractivity contribution is 0.241. The van der Waals surface area contributed by atoms with E-state index in [-0.39, 0.29) is 5.54 Å². The van der Waals surface area contributed by atoms with Crippen molar-refractivity contribution in [2.45, 2.75) is 78.7 Å². The van der Waals surface area contributed by atoms with E-state index in [1.807, 2.05) is 0 Å². The molecule has 2 nitrogen and oxygen atoms in total. The van der Waals surface area contributed by atoms with Crippen LogP contribution in [0.2, 0.25) is 0 Å². The van der Waals surface area contributed by atoms with Crippen molar-refractivity contribution in [1.29, 1.82) is 0 Å². The predicted octanol–water partition coefficient (Wildman–Crippen LogP) is 3.70. The minimum Gasteiger partial charge on any atom is -0.330 e. The lowest BCUT2D eigenvalue weighted by atomic mass is 9.82. The molecule has 0 amide bonds. The monoisotopic (exact) mass is 242 g/mol. The van der Waals surface area contributed by atoms with E-state index in [0.29, 0.717) is 5.41 Å². The normalized spacial score (nSPS) is 13.1. The van der Waals surface area contributed by atoms with E-state index in [0.717, 1.165) is 13.1 Å². The molecule has 17 heavy (non-hydrogen) atoms. The summed E-state index contributed by atoms with van der Waals surface area (Å²) in [5.74, 6) is 0. The van der Waals surface area contributed by atoms with Gasteiger partial charge in [-0.1, -0.05) is 40.0 Å². The van der Waals surface area contributed by atoms with E-state index in [9.17, 15) is 0 Å². The molecule has 0 aromatic carbocycles. The summed E-state index contributed by atoms with van der Waals surface area (Å²) in [6.07, 6.45) is 7.65. The number of nitrogens with two attached hydrogens (primary N) is 1. The summed E-state index contributed by atoms with van der Waals surface area (Å²) in [5, 5.41) is 3.68. The van der Waals surface area contributed by atoms with Gasteiger partial charge in [-0.2, -0.15) is 0 Å². The van der Waals surface area contributed by atoms with Crippen molar-refractivity contribution in [2.75, 3.05) is 13.1 Å². The van der Waals surface area contributed by atoms with E-state index in [1.54, 1.807) is 0 Å². The number of hydrogen-bond acceptors (Lipinski definition) is 2. The fraction of sp³-hybridized carbons (Fsp3) is 1.00. The van der Waals surface area contributed by atoms with Gasteiger partial charge in [0.25, 0.3) is 0 Å². The Balaban J connectivity index is 3.52. The Hall–Kier alpha value is -0.0800. The van der Waals surface area contributed by atoms with Gasteiger partial charge in [0.1, 0.15) is 0 Å². The molecule has 0 aromatic heterocycles. The smallest absolute Gasteiger partial charge is 0.0130 e. The number of unbranched alkanes of at least 4 members (excludes halogenated alkanes) is 4. The van der Waals surface area contributed by atoms with E-state index < -0.39 is 0 Å². The van der Waals surface area contributed by atoms with Crippen LogP contribution in [0.5, 0.6) is 0 Å². The zero-order chi connectivity index (χ0) is 13.4. The van der Waals surface area contributed by atoms with Gasteiger partial charge in [-0.25, -0.2) is 0 Å². The highest BCUT2D eigenvalue weighted by molar-refractivity contribution is 4.82. The van der Waals surface area contributed by atoms with E-state index >= 15 is 0 Å². The molecule has 0 rings (SSSR count). The third-order valence-electron chi connectivity index (χ3n) is 2.96. The van der Waals surface area contributed by atoms with Crippen LogP contribution in [0.1, 0.15) is 73.1 Å². The Morgan fingerprint density at radius 3 is 1.88 bits per heavy atom. The van der Waals surface area contributed by atoms with Crippen LogP contribution in [-0.4, -0.2) is 18.6 Å². The maximum absolute atomic E-state index is 5.47. The molecule has 0 fully saturated rings. The second kappa shape index (κ2) is 8.10. The van der Waals surface area contributed by atoms with Gasteiger partial charge in [-0.3, -0.25) is 0 Å². The molecule has 0 saturated heterocycles. The van der Waals surface area contributed by atoms with Crippen LogP contribution < -0.4 is 11.1 Å². The quantitative estimate of drug-likeness (QED) is 0.605. The Morgan fingerprint density at radius 1 is 0.824 bits per heavy atom. The van der Waals surface area contributed by atoms with E-state index in [1.165, 1.54) is 38.5 Å². The first-order valence-electron chi connectivity index (χ1n) is 7.22. The summed E-state index contributed by atoms with van der Waals surface area (Å²) in [6, 6.07) is 0. The highest BCUT2D eigenvalue weighted by atomic mass is 14.9. The van der Waals surface area contributed by atoms with Gasteiger partial charge in [-0.15, -0.1) is 0 Å². The first kappa shape index (κ1) is 16.9. The van der Waals surface area contributed by atoms with Crippen molar-refractivity contribution in [3.8, 4) is 0 Å². The van der Waals surface area contributed by atoms with Crippen LogP contribution in [-0.2, 0) is 0 Å². The van der Waals surface area contributed by atoms with Crippen LogP contribution in [0.3, 0.4) is 0 Å². The number of rotatable bonds is 9. The van der Waals surface area contributed by atoms with Crippen molar-refractivity contribution in [3.63, 3.8) is 0 Å². The van der Waals surface area contributed by atoms with E-state index in [2.05, 4.69) is 39.9 Å². The fourth-order valence-corrected chi connectivity index (χ4v) is 2.61. The molecule has 3 N–H and O–H groups in total. The molecule has 0 heterocycles. The Kier molecular flexibility index (Phi) is 8.06. The summed E-state index contributed by atoms with van der Waals surface area (Å²) in [7, 11) is 0. The van der Waals surface area contributed by atoms with Crippen LogP contribution in [0.25, 0.3) is 0 Å². The SMILES string of the molecule is CC(C)(C)CC(C)(C)NCCCCCCCN. The van der Waals surface area contributed by atoms with Crippen molar-refractivity contribution in [2.24, 2.45) is 11.1 Å². The molecular formula is C15H34N2. The third kappa shape index (κ3) is 12.2. The Morgan fingerprint density at radius 2 is 1.35 bits per heavy atom. The second-order valence-corrected chi connectivity index (χ2v) is 7.10. The highest BCUT2D eigenvalue weighted by Gasteiger charge is 2.24. The summed E-state index contributed by atoms with van der Waals surface area (Å²) in [6.45, 7) is 13.5. The molecule has 0 aliphatic rings. The molecule has 2 heteroatoms. The van der Waals surface area contributed by atoms with Gasteiger partial charge in [0.2, 0.25) is 0 Å². The number of nitrogens with one attached hydrogen (secondary N) is 1. The minimum absolute atomic E-state index is 0.259. The maximum Gasteiger partial charge on any atom is 0.0130 e. The van der Waals surface area contributed by atoms with Crippen molar-refractivity contribution < 1.29 is 0 Å². The van der Waals surface area contributed by atoms with Gasteiger partial charge in [0, 0.05) is 5.54 Å². The predicted molar refractivity (Wildman–Crippen MR) is 78.3 cm³/mol. The molecule has 0 aliphatic carbocycles. The zero-order valence-corrected chi connectivity index (χ0v) is 12.7. The standard InChI is InChI=1S/C15H34N2/c1-14(2,3)13-15(4,5)17-12-10-8-6-7-9-11-16/h17H,6-13,16H2,1-5H3. The lowest BCUT2D eigenvalue weighted by Gasteiger charge is -2.33.